The lowest BCUT2D eigenvalue weighted by Crippen LogP contribution is -2.38. The molecule has 0 N–H and O–H groups in total. The zero-order valence-electron chi connectivity index (χ0n) is 13.7. The maximum Gasteiger partial charge on any atom is 0.239 e. The molecule has 1 atom stereocenters. The summed E-state index contributed by atoms with van der Waals surface area (Å²) in [6, 6.07) is 8.96. The van der Waals surface area contributed by atoms with Crippen LogP contribution in [0.5, 0.6) is 5.75 Å². The maximum absolute atomic E-state index is 12.5. The summed E-state index contributed by atoms with van der Waals surface area (Å²) in [5.74, 6) is 0.920. The molecule has 0 aliphatic carbocycles. The van der Waals surface area contributed by atoms with Crippen LogP contribution in [0.1, 0.15) is 38.9 Å². The third-order valence-corrected chi connectivity index (χ3v) is 6.39. The lowest BCUT2D eigenvalue weighted by molar-refractivity contribution is 0.138. The topological polar surface area (TPSA) is 12.5 Å². The molecule has 5 heteroatoms. The van der Waals surface area contributed by atoms with Gasteiger partial charge in [-0.15, -0.1) is 11.3 Å². The average Bonchev–Trinajstić information content (AvgIpc) is 2.99. The number of rotatable bonds is 4. The second-order valence-electron chi connectivity index (χ2n) is 6.60. The molecule has 0 bridgehead atoms. The monoisotopic (exact) mass is 349 g/mol. The van der Waals surface area contributed by atoms with Crippen LogP contribution in [-0.4, -0.2) is 25.0 Å². The standard InChI is InChI=1S/C19H21F2NOS/c1-23-14-2-4-16-12(8-14)6-7-22-11-13-9-15(3-5-19(20)21)24-18(13)10-17(16)22/h2,4,8-9,17,19H,3,5-7,10-11H2,1H3. The van der Waals surface area contributed by atoms with E-state index in [2.05, 4.69) is 23.1 Å². The number of ether oxygens (including phenoxy) is 1. The molecular weight excluding hydrogens is 328 g/mol. The molecule has 0 spiro atoms. The molecule has 0 saturated heterocycles. The molecule has 0 saturated carbocycles. The van der Waals surface area contributed by atoms with Gasteiger partial charge in [0.25, 0.3) is 0 Å². The summed E-state index contributed by atoms with van der Waals surface area (Å²) in [5.41, 5.74) is 4.13. The highest BCUT2D eigenvalue weighted by Crippen LogP contribution is 2.41. The SMILES string of the molecule is COc1ccc2c(c1)CCN1Cc3cc(CCC(F)F)sc3CC21. The average molecular weight is 349 g/mol. The Morgan fingerprint density at radius 1 is 1.29 bits per heavy atom. The van der Waals surface area contributed by atoms with Gasteiger partial charge in [-0.25, -0.2) is 8.78 Å². The van der Waals surface area contributed by atoms with Gasteiger partial charge in [-0.05, 0) is 47.7 Å². The lowest BCUT2D eigenvalue weighted by atomic mass is 9.87. The van der Waals surface area contributed by atoms with Gasteiger partial charge in [-0.2, -0.15) is 0 Å². The first-order valence-corrected chi connectivity index (χ1v) is 9.25. The molecule has 1 aromatic heterocycles. The number of fused-ring (bicyclic) bond motifs is 4. The molecular formula is C19H21F2NOS. The minimum absolute atomic E-state index is 0.0326. The van der Waals surface area contributed by atoms with Crippen molar-refractivity contribution >= 4 is 11.3 Å². The van der Waals surface area contributed by atoms with E-state index in [4.69, 9.17) is 4.74 Å². The van der Waals surface area contributed by atoms with E-state index >= 15 is 0 Å². The van der Waals surface area contributed by atoms with Crippen molar-refractivity contribution in [2.75, 3.05) is 13.7 Å². The Hall–Kier alpha value is -1.46. The fraction of sp³-hybridized carbons (Fsp3) is 0.474. The highest BCUT2D eigenvalue weighted by Gasteiger charge is 2.33. The number of methoxy groups -OCH3 is 1. The summed E-state index contributed by atoms with van der Waals surface area (Å²) in [5, 5.41) is 0. The van der Waals surface area contributed by atoms with Gasteiger partial charge in [0.05, 0.1) is 7.11 Å². The zero-order valence-corrected chi connectivity index (χ0v) is 14.5. The smallest absolute Gasteiger partial charge is 0.239 e. The first-order valence-electron chi connectivity index (χ1n) is 8.43. The van der Waals surface area contributed by atoms with Crippen LogP contribution in [0, 0.1) is 0 Å². The van der Waals surface area contributed by atoms with E-state index in [0.29, 0.717) is 12.5 Å². The van der Waals surface area contributed by atoms with E-state index in [1.54, 1.807) is 18.4 Å². The Labute approximate surface area is 145 Å². The van der Waals surface area contributed by atoms with Crippen molar-refractivity contribution in [1.82, 2.24) is 4.90 Å². The van der Waals surface area contributed by atoms with Gasteiger partial charge in [-0.1, -0.05) is 6.07 Å². The molecule has 3 heterocycles. The number of alkyl halides is 2. The van der Waals surface area contributed by atoms with Gasteiger partial charge in [-0.3, -0.25) is 4.90 Å². The van der Waals surface area contributed by atoms with Crippen LogP contribution in [0.25, 0.3) is 0 Å². The van der Waals surface area contributed by atoms with Crippen LogP contribution in [0.3, 0.4) is 0 Å². The van der Waals surface area contributed by atoms with E-state index in [-0.39, 0.29) is 6.42 Å². The Kier molecular flexibility index (Phi) is 4.31. The van der Waals surface area contributed by atoms with Crippen LogP contribution < -0.4 is 4.74 Å². The second kappa shape index (κ2) is 6.45. The van der Waals surface area contributed by atoms with Gasteiger partial charge in [0.1, 0.15) is 5.75 Å². The number of hydrogen-bond acceptors (Lipinski definition) is 3. The molecule has 0 radical (unpaired) electrons. The summed E-state index contributed by atoms with van der Waals surface area (Å²) in [7, 11) is 1.70. The number of hydrogen-bond donors (Lipinski definition) is 0. The summed E-state index contributed by atoms with van der Waals surface area (Å²) < 4.78 is 30.3. The van der Waals surface area contributed by atoms with Gasteiger partial charge in [0.15, 0.2) is 0 Å². The first-order chi connectivity index (χ1) is 11.6. The zero-order chi connectivity index (χ0) is 16.7. The summed E-state index contributed by atoms with van der Waals surface area (Å²) in [6.45, 7) is 1.99. The van der Waals surface area contributed by atoms with Crippen LogP contribution in [0.4, 0.5) is 8.78 Å². The lowest BCUT2D eigenvalue weighted by Gasteiger charge is -2.40. The van der Waals surface area contributed by atoms with Crippen LogP contribution in [0.2, 0.25) is 0 Å². The number of halogens is 2. The molecule has 2 aromatic rings. The molecule has 4 rings (SSSR count). The number of nitrogens with zero attached hydrogens (tertiary/aromatic N) is 1. The Bertz CT molecular complexity index is 743. The third-order valence-electron chi connectivity index (χ3n) is 5.13. The Morgan fingerprint density at radius 2 is 2.17 bits per heavy atom. The van der Waals surface area contributed by atoms with Crippen molar-refractivity contribution in [3.63, 3.8) is 0 Å². The number of aryl methyl sites for hydroxylation is 1. The van der Waals surface area contributed by atoms with Crippen molar-refractivity contribution in [3.8, 4) is 5.75 Å². The molecule has 1 aromatic carbocycles. The van der Waals surface area contributed by atoms with Crippen molar-refractivity contribution in [1.29, 1.82) is 0 Å². The van der Waals surface area contributed by atoms with Gasteiger partial charge in [0.2, 0.25) is 6.43 Å². The van der Waals surface area contributed by atoms with Crippen molar-refractivity contribution in [3.05, 3.63) is 50.7 Å². The van der Waals surface area contributed by atoms with Gasteiger partial charge in [0, 0.05) is 41.7 Å². The molecule has 2 nitrogen and oxygen atoms in total. The fourth-order valence-electron chi connectivity index (χ4n) is 3.90. The van der Waals surface area contributed by atoms with E-state index in [1.165, 1.54) is 21.6 Å². The predicted octanol–water partition coefficient (Wildman–Crippen LogP) is 4.61. The Morgan fingerprint density at radius 3 is 2.96 bits per heavy atom. The van der Waals surface area contributed by atoms with Crippen LogP contribution in [-0.2, 0) is 25.8 Å². The highest BCUT2D eigenvalue weighted by atomic mass is 32.1. The minimum atomic E-state index is -2.21. The minimum Gasteiger partial charge on any atom is -0.497 e. The summed E-state index contributed by atoms with van der Waals surface area (Å²) >= 11 is 1.73. The van der Waals surface area contributed by atoms with Crippen molar-refractivity contribution < 1.29 is 13.5 Å². The van der Waals surface area contributed by atoms with E-state index in [9.17, 15) is 8.78 Å². The largest absolute Gasteiger partial charge is 0.497 e. The first kappa shape index (κ1) is 16.0. The van der Waals surface area contributed by atoms with Crippen LogP contribution in [0.15, 0.2) is 24.3 Å². The molecule has 0 amide bonds. The fourth-order valence-corrected chi connectivity index (χ4v) is 5.13. The molecule has 1 unspecified atom stereocenters. The number of thiophene rings is 1. The second-order valence-corrected chi connectivity index (χ2v) is 7.82. The van der Waals surface area contributed by atoms with Crippen molar-refractivity contribution in [2.24, 2.45) is 0 Å². The van der Waals surface area contributed by atoms with E-state index < -0.39 is 6.43 Å². The Balaban J connectivity index is 1.58. The molecule has 24 heavy (non-hydrogen) atoms. The maximum atomic E-state index is 12.5. The van der Waals surface area contributed by atoms with Crippen molar-refractivity contribution in [2.45, 2.75) is 44.7 Å². The predicted molar refractivity (Wildman–Crippen MR) is 92.2 cm³/mol. The quantitative estimate of drug-likeness (QED) is 0.799. The summed E-state index contributed by atoms with van der Waals surface area (Å²) in [4.78, 5) is 5.01. The molecule has 0 fully saturated rings. The van der Waals surface area contributed by atoms with E-state index in [1.807, 2.05) is 6.07 Å². The summed E-state index contributed by atoms with van der Waals surface area (Å²) in [6.07, 6.45) is 0.287. The third kappa shape index (κ3) is 2.95. The van der Waals surface area contributed by atoms with Gasteiger partial charge < -0.3 is 4.74 Å². The molecule has 2 aliphatic rings. The van der Waals surface area contributed by atoms with E-state index in [0.717, 1.165) is 36.6 Å². The highest BCUT2D eigenvalue weighted by molar-refractivity contribution is 7.12. The number of benzene rings is 1. The van der Waals surface area contributed by atoms with Crippen LogP contribution >= 0.6 is 11.3 Å². The molecule has 128 valence electrons. The van der Waals surface area contributed by atoms with Gasteiger partial charge >= 0.3 is 0 Å². The normalized spacial score (nSPS) is 19.8. The molecule has 2 aliphatic heterocycles.